The smallest absolute Gasteiger partial charge is 0.436 e. The number of methoxy groups -OCH3 is 1. The van der Waals surface area contributed by atoms with E-state index in [-0.39, 0.29) is 0 Å². The Morgan fingerprint density at radius 3 is 2.71 bits per heavy atom. The summed E-state index contributed by atoms with van der Waals surface area (Å²) in [5.74, 6) is -0.972. The molecular formula is C10H11F3N2O2. The van der Waals surface area contributed by atoms with Crippen molar-refractivity contribution in [2.24, 2.45) is 0 Å². The maximum Gasteiger partial charge on any atom is 0.436 e. The molecule has 7 heteroatoms. The lowest BCUT2D eigenvalue weighted by molar-refractivity contribution is -0.142. The summed E-state index contributed by atoms with van der Waals surface area (Å²) >= 11 is 0. The van der Waals surface area contributed by atoms with Gasteiger partial charge in [0.05, 0.1) is 12.8 Å². The standard InChI is InChI=1S/C10H11F3N2O2/c1-17-9(16)7-6-4-2-3-5-15(6)14-8(7)10(11,12)13/h2-5H2,1H3. The molecule has 2 rings (SSSR count). The predicted molar refractivity (Wildman–Crippen MR) is 51.5 cm³/mol. The lowest BCUT2D eigenvalue weighted by Crippen LogP contribution is -2.15. The average molecular weight is 248 g/mol. The fourth-order valence-electron chi connectivity index (χ4n) is 2.00. The third-order valence-electron chi connectivity index (χ3n) is 2.75. The Bertz CT molecular complexity index is 451. The van der Waals surface area contributed by atoms with Gasteiger partial charge in [0, 0.05) is 6.54 Å². The molecule has 1 aromatic rings. The summed E-state index contributed by atoms with van der Waals surface area (Å²) in [6.07, 6.45) is -2.68. The zero-order chi connectivity index (χ0) is 12.6. The van der Waals surface area contributed by atoms with Crippen LogP contribution in [0.25, 0.3) is 0 Å². The summed E-state index contributed by atoms with van der Waals surface area (Å²) in [6.45, 7) is 0.412. The lowest BCUT2D eigenvalue weighted by Gasteiger charge is -2.13. The van der Waals surface area contributed by atoms with Crippen molar-refractivity contribution in [1.82, 2.24) is 9.78 Å². The summed E-state index contributed by atoms with van der Waals surface area (Å²) in [4.78, 5) is 11.4. The Morgan fingerprint density at radius 1 is 1.41 bits per heavy atom. The van der Waals surface area contributed by atoms with E-state index in [9.17, 15) is 18.0 Å². The molecule has 0 atom stereocenters. The van der Waals surface area contributed by atoms with Crippen LogP contribution in [0.4, 0.5) is 13.2 Å². The van der Waals surface area contributed by atoms with Gasteiger partial charge < -0.3 is 4.74 Å². The number of fused-ring (bicyclic) bond motifs is 1. The van der Waals surface area contributed by atoms with E-state index in [2.05, 4.69) is 9.84 Å². The number of carbonyl (C=O) groups excluding carboxylic acids is 1. The van der Waals surface area contributed by atoms with E-state index in [4.69, 9.17) is 0 Å². The van der Waals surface area contributed by atoms with Gasteiger partial charge in [0.15, 0.2) is 5.69 Å². The maximum atomic E-state index is 12.7. The van der Waals surface area contributed by atoms with Crippen molar-refractivity contribution in [1.29, 1.82) is 0 Å². The molecule has 1 aliphatic heterocycles. The first-order chi connectivity index (χ1) is 7.95. The van der Waals surface area contributed by atoms with Gasteiger partial charge in [0.2, 0.25) is 0 Å². The molecule has 17 heavy (non-hydrogen) atoms. The van der Waals surface area contributed by atoms with Crippen LogP contribution in [-0.4, -0.2) is 22.9 Å². The number of alkyl halides is 3. The van der Waals surface area contributed by atoms with Crippen molar-refractivity contribution in [2.75, 3.05) is 7.11 Å². The molecule has 0 radical (unpaired) electrons. The van der Waals surface area contributed by atoms with E-state index >= 15 is 0 Å². The third-order valence-corrected chi connectivity index (χ3v) is 2.75. The zero-order valence-corrected chi connectivity index (χ0v) is 9.17. The highest BCUT2D eigenvalue weighted by molar-refractivity contribution is 5.92. The minimum atomic E-state index is -4.63. The van der Waals surface area contributed by atoms with Crippen LogP contribution >= 0.6 is 0 Å². The van der Waals surface area contributed by atoms with E-state index in [1.165, 1.54) is 4.68 Å². The number of esters is 1. The van der Waals surface area contributed by atoms with Crippen molar-refractivity contribution >= 4 is 5.97 Å². The molecule has 94 valence electrons. The Kier molecular flexibility index (Phi) is 2.84. The van der Waals surface area contributed by atoms with Crippen LogP contribution in [0.5, 0.6) is 0 Å². The normalized spacial score (nSPS) is 15.5. The molecule has 0 amide bonds. The molecule has 0 bridgehead atoms. The largest absolute Gasteiger partial charge is 0.465 e. The topological polar surface area (TPSA) is 44.1 Å². The maximum absolute atomic E-state index is 12.7. The summed E-state index contributed by atoms with van der Waals surface area (Å²) < 4.78 is 43.9. The first-order valence-electron chi connectivity index (χ1n) is 5.20. The second-order valence-electron chi connectivity index (χ2n) is 3.84. The van der Waals surface area contributed by atoms with Gasteiger partial charge in [-0.2, -0.15) is 18.3 Å². The van der Waals surface area contributed by atoms with Crippen molar-refractivity contribution in [3.8, 4) is 0 Å². The second-order valence-corrected chi connectivity index (χ2v) is 3.84. The van der Waals surface area contributed by atoms with Gasteiger partial charge in [-0.05, 0) is 19.3 Å². The molecule has 0 unspecified atom stereocenters. The minimum absolute atomic E-state index is 0.329. The molecule has 2 heterocycles. The van der Waals surface area contributed by atoms with Gasteiger partial charge in [-0.25, -0.2) is 4.79 Å². The first kappa shape index (κ1) is 11.9. The number of nitrogens with zero attached hydrogens (tertiary/aromatic N) is 2. The number of aryl methyl sites for hydroxylation is 1. The van der Waals surface area contributed by atoms with Crippen LogP contribution in [0.15, 0.2) is 0 Å². The number of halogens is 3. The van der Waals surface area contributed by atoms with Crippen molar-refractivity contribution in [2.45, 2.75) is 32.0 Å². The van der Waals surface area contributed by atoms with Gasteiger partial charge in [-0.15, -0.1) is 0 Å². The highest BCUT2D eigenvalue weighted by Crippen LogP contribution is 2.34. The van der Waals surface area contributed by atoms with Crippen LogP contribution < -0.4 is 0 Å². The number of hydrogen-bond acceptors (Lipinski definition) is 3. The Balaban J connectivity index is 2.59. The number of rotatable bonds is 1. The molecule has 0 fully saturated rings. The lowest BCUT2D eigenvalue weighted by atomic mass is 10.0. The number of ether oxygens (including phenoxy) is 1. The molecule has 0 N–H and O–H groups in total. The van der Waals surface area contributed by atoms with Crippen LogP contribution in [0, 0.1) is 0 Å². The predicted octanol–water partition coefficient (Wildman–Crippen LogP) is 2.02. The van der Waals surface area contributed by atoms with Crippen LogP contribution in [0.2, 0.25) is 0 Å². The van der Waals surface area contributed by atoms with Gasteiger partial charge in [-0.1, -0.05) is 0 Å². The van der Waals surface area contributed by atoms with E-state index < -0.39 is 23.4 Å². The molecule has 4 nitrogen and oxygen atoms in total. The molecule has 0 saturated heterocycles. The van der Waals surface area contributed by atoms with E-state index in [1.54, 1.807) is 0 Å². The highest BCUT2D eigenvalue weighted by atomic mass is 19.4. The second kappa shape index (κ2) is 4.05. The van der Waals surface area contributed by atoms with Crippen LogP contribution in [-0.2, 0) is 23.9 Å². The molecule has 1 aliphatic rings. The number of carbonyl (C=O) groups is 1. The number of hydrogen-bond donors (Lipinski definition) is 0. The van der Waals surface area contributed by atoms with Crippen LogP contribution in [0.3, 0.4) is 0 Å². The van der Waals surface area contributed by atoms with Crippen LogP contribution in [0.1, 0.15) is 34.6 Å². The Labute approximate surface area is 95.4 Å². The zero-order valence-electron chi connectivity index (χ0n) is 9.17. The van der Waals surface area contributed by atoms with E-state index in [1.807, 2.05) is 0 Å². The fourth-order valence-corrected chi connectivity index (χ4v) is 2.00. The van der Waals surface area contributed by atoms with Gasteiger partial charge in [-0.3, -0.25) is 4.68 Å². The first-order valence-corrected chi connectivity index (χ1v) is 5.20. The summed E-state index contributed by atoms with van der Waals surface area (Å²) in [5, 5.41) is 3.48. The van der Waals surface area contributed by atoms with Gasteiger partial charge in [0.1, 0.15) is 5.56 Å². The summed E-state index contributed by atoms with van der Waals surface area (Å²) in [6, 6.07) is 0. The Hall–Kier alpha value is -1.53. The van der Waals surface area contributed by atoms with E-state index in [0.717, 1.165) is 20.0 Å². The van der Waals surface area contributed by atoms with Crippen molar-refractivity contribution < 1.29 is 22.7 Å². The van der Waals surface area contributed by atoms with Crippen molar-refractivity contribution in [3.63, 3.8) is 0 Å². The number of aromatic nitrogens is 2. The van der Waals surface area contributed by atoms with Gasteiger partial charge in [0.25, 0.3) is 0 Å². The quantitative estimate of drug-likeness (QED) is 0.714. The SMILES string of the molecule is COC(=O)c1c(C(F)(F)F)nn2c1CCCC2. The molecular weight excluding hydrogens is 237 g/mol. The fraction of sp³-hybridized carbons (Fsp3) is 0.600. The highest BCUT2D eigenvalue weighted by Gasteiger charge is 2.42. The monoisotopic (exact) mass is 248 g/mol. The minimum Gasteiger partial charge on any atom is -0.465 e. The third kappa shape index (κ3) is 2.01. The summed E-state index contributed by atoms with van der Waals surface area (Å²) in [7, 11) is 1.06. The molecule has 1 aromatic heterocycles. The Morgan fingerprint density at radius 2 is 2.12 bits per heavy atom. The van der Waals surface area contributed by atoms with E-state index in [0.29, 0.717) is 18.7 Å². The van der Waals surface area contributed by atoms with Crippen molar-refractivity contribution in [3.05, 3.63) is 17.0 Å². The average Bonchev–Trinajstić information content (AvgIpc) is 2.67. The summed E-state index contributed by atoms with van der Waals surface area (Å²) in [5.41, 5.74) is -1.24. The van der Waals surface area contributed by atoms with Gasteiger partial charge >= 0.3 is 12.1 Å². The molecule has 0 aliphatic carbocycles. The molecule has 0 aromatic carbocycles. The molecule has 0 saturated carbocycles. The molecule has 0 spiro atoms.